The lowest BCUT2D eigenvalue weighted by Crippen LogP contribution is -2.40. The zero-order valence-electron chi connectivity index (χ0n) is 16.5. The first-order valence-electron chi connectivity index (χ1n) is 9.30. The highest BCUT2D eigenvalue weighted by molar-refractivity contribution is 6.30. The van der Waals surface area contributed by atoms with E-state index >= 15 is 0 Å². The van der Waals surface area contributed by atoms with E-state index in [0.717, 1.165) is 6.07 Å². The molecule has 2 amide bonds. The topological polar surface area (TPSA) is 88.1 Å². The van der Waals surface area contributed by atoms with Crippen molar-refractivity contribution in [1.82, 2.24) is 15.0 Å². The van der Waals surface area contributed by atoms with Gasteiger partial charge < -0.3 is 10.2 Å². The van der Waals surface area contributed by atoms with Crippen molar-refractivity contribution in [3.05, 3.63) is 65.0 Å². The van der Waals surface area contributed by atoms with Gasteiger partial charge in [-0.1, -0.05) is 11.6 Å². The van der Waals surface area contributed by atoms with Gasteiger partial charge in [0.1, 0.15) is 18.7 Å². The fourth-order valence-corrected chi connectivity index (χ4v) is 3.63. The molecule has 0 bridgehead atoms. The SMILES string of the molecule is Cc1cc2c(c(F)n1)-c1cncnc1[C@@H](C)C(=O)N2CC(=O)Nc1ccc(Cl)c(F)c1. The number of nitrogens with zero attached hydrogens (tertiary/aromatic N) is 4. The Balaban J connectivity index is 1.75. The van der Waals surface area contributed by atoms with E-state index in [9.17, 15) is 18.4 Å². The monoisotopic (exact) mass is 443 g/mol. The first kappa shape index (κ1) is 20.8. The number of hydrogen-bond donors (Lipinski definition) is 1. The molecule has 3 aromatic rings. The number of halogens is 3. The molecule has 0 fully saturated rings. The third-order valence-corrected chi connectivity index (χ3v) is 5.24. The Bertz CT molecular complexity index is 1220. The van der Waals surface area contributed by atoms with E-state index in [1.54, 1.807) is 13.8 Å². The van der Waals surface area contributed by atoms with Gasteiger partial charge in [0.2, 0.25) is 17.8 Å². The predicted molar refractivity (Wildman–Crippen MR) is 111 cm³/mol. The summed E-state index contributed by atoms with van der Waals surface area (Å²) in [6.45, 7) is 2.78. The molecule has 10 heteroatoms. The maximum absolute atomic E-state index is 14.9. The van der Waals surface area contributed by atoms with Gasteiger partial charge in [0.25, 0.3) is 0 Å². The van der Waals surface area contributed by atoms with Crippen LogP contribution in [-0.2, 0) is 9.59 Å². The minimum absolute atomic E-state index is 0.0456. The van der Waals surface area contributed by atoms with Crippen LogP contribution in [0.5, 0.6) is 0 Å². The van der Waals surface area contributed by atoms with Gasteiger partial charge in [-0.25, -0.2) is 19.3 Å². The van der Waals surface area contributed by atoms with Gasteiger partial charge in [-0.2, -0.15) is 4.39 Å². The highest BCUT2D eigenvalue weighted by Gasteiger charge is 2.35. The number of anilines is 2. The molecule has 1 N–H and O–H groups in total. The van der Waals surface area contributed by atoms with Crippen LogP contribution in [0, 0.1) is 18.7 Å². The molecule has 4 rings (SSSR count). The van der Waals surface area contributed by atoms with Gasteiger partial charge in [-0.15, -0.1) is 0 Å². The van der Waals surface area contributed by atoms with Crippen LogP contribution in [0.15, 0.2) is 36.8 Å². The first-order valence-corrected chi connectivity index (χ1v) is 9.67. The number of amides is 2. The smallest absolute Gasteiger partial charge is 0.244 e. The zero-order chi connectivity index (χ0) is 22.3. The summed E-state index contributed by atoms with van der Waals surface area (Å²) in [5, 5.41) is 2.44. The fourth-order valence-electron chi connectivity index (χ4n) is 3.51. The Kier molecular flexibility index (Phi) is 5.36. The number of aryl methyl sites for hydroxylation is 1. The van der Waals surface area contributed by atoms with Crippen LogP contribution in [0.3, 0.4) is 0 Å². The van der Waals surface area contributed by atoms with Crippen LogP contribution in [0.1, 0.15) is 24.2 Å². The summed E-state index contributed by atoms with van der Waals surface area (Å²) in [5.41, 5.74) is 1.42. The number of hydrogen-bond acceptors (Lipinski definition) is 5. The fraction of sp³-hybridized carbons (Fsp3) is 0.190. The molecule has 0 radical (unpaired) electrons. The number of fused-ring (bicyclic) bond motifs is 3. The zero-order valence-corrected chi connectivity index (χ0v) is 17.2. The van der Waals surface area contributed by atoms with Gasteiger partial charge in [-0.3, -0.25) is 9.59 Å². The van der Waals surface area contributed by atoms with E-state index in [-0.39, 0.29) is 22.0 Å². The van der Waals surface area contributed by atoms with E-state index < -0.39 is 36.0 Å². The summed E-state index contributed by atoms with van der Waals surface area (Å²) < 4.78 is 28.6. The molecule has 7 nitrogen and oxygen atoms in total. The number of pyridine rings is 1. The molecule has 2 aromatic heterocycles. The number of nitrogens with one attached hydrogen (secondary N) is 1. The molecule has 1 aliphatic heterocycles. The molecule has 3 heterocycles. The average Bonchev–Trinajstić information content (AvgIpc) is 2.80. The molecule has 31 heavy (non-hydrogen) atoms. The predicted octanol–water partition coefficient (Wildman–Crippen LogP) is 3.87. The Labute approximate surface area is 181 Å². The standard InChI is InChI=1S/C21H16ClF2N5O2/c1-10-5-16-18(20(24)27-10)13-7-25-9-26-19(13)11(2)21(31)29(16)8-17(30)28-12-3-4-14(22)15(23)6-12/h3-7,9,11H,8H2,1-2H3,(H,28,30)/t11-/m1/s1. The highest BCUT2D eigenvalue weighted by atomic mass is 35.5. The molecular formula is C21H16ClF2N5O2. The maximum Gasteiger partial charge on any atom is 0.244 e. The van der Waals surface area contributed by atoms with Crippen molar-refractivity contribution in [3.63, 3.8) is 0 Å². The molecular weight excluding hydrogens is 428 g/mol. The summed E-state index contributed by atoms with van der Waals surface area (Å²) >= 11 is 5.66. The highest BCUT2D eigenvalue weighted by Crippen LogP contribution is 2.41. The van der Waals surface area contributed by atoms with Crippen molar-refractivity contribution in [3.8, 4) is 11.1 Å². The lowest BCUT2D eigenvalue weighted by atomic mass is 9.99. The molecule has 0 saturated heterocycles. The van der Waals surface area contributed by atoms with Crippen LogP contribution in [-0.4, -0.2) is 33.3 Å². The Hall–Kier alpha value is -3.46. The summed E-state index contributed by atoms with van der Waals surface area (Å²) in [7, 11) is 0. The quantitative estimate of drug-likeness (QED) is 0.621. The van der Waals surface area contributed by atoms with E-state index in [0.29, 0.717) is 17.0 Å². The average molecular weight is 444 g/mol. The van der Waals surface area contributed by atoms with E-state index in [2.05, 4.69) is 20.3 Å². The van der Waals surface area contributed by atoms with Crippen LogP contribution >= 0.6 is 11.6 Å². The Morgan fingerprint density at radius 3 is 2.81 bits per heavy atom. The van der Waals surface area contributed by atoms with Crippen LogP contribution in [0.25, 0.3) is 11.1 Å². The molecule has 1 atom stereocenters. The lowest BCUT2D eigenvalue weighted by molar-refractivity contribution is -0.122. The summed E-state index contributed by atoms with van der Waals surface area (Å²) in [6, 6.07) is 5.34. The molecule has 0 aliphatic carbocycles. The minimum Gasteiger partial charge on any atom is -0.324 e. The summed E-state index contributed by atoms with van der Waals surface area (Å²) in [5.74, 6) is -3.28. The lowest BCUT2D eigenvalue weighted by Gasteiger charge is -2.24. The van der Waals surface area contributed by atoms with E-state index in [1.165, 1.54) is 35.6 Å². The number of carbonyl (C=O) groups excluding carboxylic acids is 2. The third-order valence-electron chi connectivity index (χ3n) is 4.94. The van der Waals surface area contributed by atoms with Gasteiger partial charge in [-0.05, 0) is 38.1 Å². The number of benzene rings is 1. The minimum atomic E-state index is -0.793. The van der Waals surface area contributed by atoms with Crippen molar-refractivity contribution in [2.75, 3.05) is 16.8 Å². The number of aromatic nitrogens is 3. The van der Waals surface area contributed by atoms with Crippen molar-refractivity contribution in [2.45, 2.75) is 19.8 Å². The summed E-state index contributed by atoms with van der Waals surface area (Å²) in [6.07, 6.45) is 2.70. The van der Waals surface area contributed by atoms with Gasteiger partial charge >= 0.3 is 0 Å². The molecule has 0 spiro atoms. The van der Waals surface area contributed by atoms with Gasteiger partial charge in [0.05, 0.1) is 27.9 Å². The van der Waals surface area contributed by atoms with Gasteiger partial charge in [0.15, 0.2) is 0 Å². The van der Waals surface area contributed by atoms with Crippen LogP contribution in [0.4, 0.5) is 20.2 Å². The summed E-state index contributed by atoms with van der Waals surface area (Å²) in [4.78, 5) is 39.1. The Morgan fingerprint density at radius 1 is 1.29 bits per heavy atom. The largest absolute Gasteiger partial charge is 0.324 e. The first-order chi connectivity index (χ1) is 14.8. The van der Waals surface area contributed by atoms with Crippen LogP contribution in [0.2, 0.25) is 5.02 Å². The number of rotatable bonds is 3. The van der Waals surface area contributed by atoms with E-state index in [4.69, 9.17) is 11.6 Å². The third kappa shape index (κ3) is 3.84. The van der Waals surface area contributed by atoms with Crippen molar-refractivity contribution < 1.29 is 18.4 Å². The molecule has 0 unspecified atom stereocenters. The molecule has 0 saturated carbocycles. The molecule has 1 aliphatic rings. The Morgan fingerprint density at radius 2 is 2.06 bits per heavy atom. The van der Waals surface area contributed by atoms with Crippen molar-refractivity contribution >= 4 is 34.8 Å². The van der Waals surface area contributed by atoms with E-state index in [1.807, 2.05) is 0 Å². The molecule has 1 aromatic carbocycles. The second-order valence-corrected chi connectivity index (χ2v) is 7.50. The van der Waals surface area contributed by atoms with Crippen LogP contribution < -0.4 is 10.2 Å². The van der Waals surface area contributed by atoms with Crippen molar-refractivity contribution in [2.24, 2.45) is 0 Å². The number of carbonyl (C=O) groups is 2. The second kappa shape index (κ2) is 7.99. The normalized spacial score (nSPS) is 15.2. The van der Waals surface area contributed by atoms with Gasteiger partial charge in [0, 0.05) is 23.1 Å². The molecule has 158 valence electrons. The van der Waals surface area contributed by atoms with Crippen molar-refractivity contribution in [1.29, 1.82) is 0 Å². The maximum atomic E-state index is 14.9. The second-order valence-electron chi connectivity index (χ2n) is 7.09.